The predicted octanol–water partition coefficient (Wildman–Crippen LogP) is 3.36. The number of aromatic nitrogens is 1. The van der Waals surface area contributed by atoms with Gasteiger partial charge in [0.25, 0.3) is 5.91 Å². The van der Waals surface area contributed by atoms with Crippen LogP contribution in [0.5, 0.6) is 0 Å². The van der Waals surface area contributed by atoms with Crippen LogP contribution >= 0.6 is 15.9 Å². The SMILES string of the molecule is CC1CC(NC(=O)c2cc(Br)cn2C(C)C)C1. The number of rotatable bonds is 3. The van der Waals surface area contributed by atoms with Crippen molar-refractivity contribution in [1.29, 1.82) is 0 Å². The largest absolute Gasteiger partial charge is 0.348 e. The van der Waals surface area contributed by atoms with E-state index in [0.717, 1.165) is 28.9 Å². The minimum absolute atomic E-state index is 0.0429. The number of hydrogen-bond donors (Lipinski definition) is 1. The van der Waals surface area contributed by atoms with E-state index in [-0.39, 0.29) is 5.91 Å². The third-order valence-electron chi connectivity index (χ3n) is 3.31. The second kappa shape index (κ2) is 4.84. The zero-order valence-corrected chi connectivity index (χ0v) is 12.1. The molecule has 0 atom stereocenters. The van der Waals surface area contributed by atoms with E-state index in [9.17, 15) is 4.79 Å². The Morgan fingerprint density at radius 1 is 1.53 bits per heavy atom. The summed E-state index contributed by atoms with van der Waals surface area (Å²) in [6, 6.07) is 2.55. The molecule has 0 bridgehead atoms. The van der Waals surface area contributed by atoms with Crippen LogP contribution in [0.15, 0.2) is 16.7 Å². The molecule has 1 amide bonds. The molecule has 3 nitrogen and oxygen atoms in total. The third-order valence-corrected chi connectivity index (χ3v) is 3.75. The first-order valence-electron chi connectivity index (χ1n) is 6.15. The number of carbonyl (C=O) groups excluding carboxylic acids is 1. The van der Waals surface area contributed by atoms with Crippen molar-refractivity contribution in [3.05, 3.63) is 22.4 Å². The van der Waals surface area contributed by atoms with Crippen molar-refractivity contribution in [1.82, 2.24) is 9.88 Å². The molecule has 2 rings (SSSR count). The summed E-state index contributed by atoms with van der Waals surface area (Å²) in [4.78, 5) is 12.1. The third kappa shape index (κ3) is 2.73. The summed E-state index contributed by atoms with van der Waals surface area (Å²) >= 11 is 3.43. The fraction of sp³-hybridized carbons (Fsp3) is 0.615. The van der Waals surface area contributed by atoms with Gasteiger partial charge in [0.15, 0.2) is 0 Å². The maximum atomic E-state index is 12.1. The van der Waals surface area contributed by atoms with Gasteiger partial charge in [-0.2, -0.15) is 0 Å². The molecule has 0 saturated heterocycles. The molecule has 0 aliphatic heterocycles. The summed E-state index contributed by atoms with van der Waals surface area (Å²) in [5.74, 6) is 0.797. The van der Waals surface area contributed by atoms with E-state index in [4.69, 9.17) is 0 Å². The lowest BCUT2D eigenvalue weighted by atomic mass is 9.82. The van der Waals surface area contributed by atoms with Crippen LogP contribution in [0.25, 0.3) is 0 Å². The molecule has 94 valence electrons. The van der Waals surface area contributed by atoms with E-state index in [1.165, 1.54) is 0 Å². The van der Waals surface area contributed by atoms with Gasteiger partial charge in [-0.15, -0.1) is 0 Å². The van der Waals surface area contributed by atoms with E-state index in [1.807, 2.05) is 16.8 Å². The first-order chi connectivity index (χ1) is 7.97. The van der Waals surface area contributed by atoms with Crippen LogP contribution in [0.3, 0.4) is 0 Å². The van der Waals surface area contributed by atoms with Crippen LogP contribution in [0.4, 0.5) is 0 Å². The summed E-state index contributed by atoms with van der Waals surface area (Å²) in [6.45, 7) is 6.37. The van der Waals surface area contributed by atoms with Gasteiger partial charge >= 0.3 is 0 Å². The Bertz CT molecular complexity index is 419. The number of hydrogen-bond acceptors (Lipinski definition) is 1. The smallest absolute Gasteiger partial charge is 0.268 e. The molecular formula is C13H19BrN2O. The van der Waals surface area contributed by atoms with Crippen molar-refractivity contribution in [2.75, 3.05) is 0 Å². The second-order valence-corrected chi connectivity index (χ2v) is 6.21. The molecule has 1 heterocycles. The highest BCUT2D eigenvalue weighted by Crippen LogP contribution is 2.27. The second-order valence-electron chi connectivity index (χ2n) is 5.29. The fourth-order valence-electron chi connectivity index (χ4n) is 2.33. The first kappa shape index (κ1) is 12.7. The van der Waals surface area contributed by atoms with Crippen molar-refractivity contribution in [2.45, 2.75) is 45.7 Å². The summed E-state index contributed by atoms with van der Waals surface area (Å²) in [5.41, 5.74) is 0.742. The number of carbonyl (C=O) groups is 1. The average molecular weight is 299 g/mol. The summed E-state index contributed by atoms with van der Waals surface area (Å²) < 4.78 is 2.96. The van der Waals surface area contributed by atoms with Crippen molar-refractivity contribution in [3.63, 3.8) is 0 Å². The van der Waals surface area contributed by atoms with Crippen molar-refractivity contribution >= 4 is 21.8 Å². The zero-order valence-electron chi connectivity index (χ0n) is 10.5. The lowest BCUT2D eigenvalue weighted by Gasteiger charge is -2.33. The Labute approximate surface area is 111 Å². The van der Waals surface area contributed by atoms with Crippen LogP contribution in [0.2, 0.25) is 0 Å². The van der Waals surface area contributed by atoms with Gasteiger partial charge in [-0.25, -0.2) is 0 Å². The van der Waals surface area contributed by atoms with Crippen LogP contribution in [-0.2, 0) is 0 Å². The lowest BCUT2D eigenvalue weighted by molar-refractivity contribution is 0.0885. The highest BCUT2D eigenvalue weighted by atomic mass is 79.9. The normalized spacial score (nSPS) is 23.6. The molecule has 17 heavy (non-hydrogen) atoms. The van der Waals surface area contributed by atoms with Crippen molar-refractivity contribution in [3.8, 4) is 0 Å². The molecule has 1 N–H and O–H groups in total. The van der Waals surface area contributed by atoms with E-state index < -0.39 is 0 Å². The Morgan fingerprint density at radius 3 is 2.71 bits per heavy atom. The van der Waals surface area contributed by atoms with Gasteiger partial charge in [-0.3, -0.25) is 4.79 Å². The van der Waals surface area contributed by atoms with Gasteiger partial charge < -0.3 is 9.88 Å². The van der Waals surface area contributed by atoms with E-state index >= 15 is 0 Å². The van der Waals surface area contributed by atoms with E-state index in [0.29, 0.717) is 12.1 Å². The number of nitrogens with zero attached hydrogens (tertiary/aromatic N) is 1. The maximum absolute atomic E-state index is 12.1. The fourth-order valence-corrected chi connectivity index (χ4v) is 2.77. The predicted molar refractivity (Wildman–Crippen MR) is 72.2 cm³/mol. The van der Waals surface area contributed by atoms with Gasteiger partial charge in [-0.05, 0) is 54.6 Å². The van der Waals surface area contributed by atoms with Gasteiger partial charge in [0, 0.05) is 22.8 Å². The Kier molecular flexibility index (Phi) is 3.61. The van der Waals surface area contributed by atoms with E-state index in [1.54, 1.807) is 0 Å². The average Bonchev–Trinajstić information content (AvgIpc) is 2.58. The van der Waals surface area contributed by atoms with E-state index in [2.05, 4.69) is 42.0 Å². The molecule has 1 saturated carbocycles. The molecule has 1 aliphatic carbocycles. The van der Waals surface area contributed by atoms with Crippen molar-refractivity contribution in [2.24, 2.45) is 5.92 Å². The zero-order chi connectivity index (χ0) is 12.6. The highest BCUT2D eigenvalue weighted by Gasteiger charge is 2.27. The first-order valence-corrected chi connectivity index (χ1v) is 6.95. The summed E-state index contributed by atoms with van der Waals surface area (Å²) in [6.07, 6.45) is 4.17. The minimum atomic E-state index is 0.0429. The monoisotopic (exact) mass is 298 g/mol. The Hall–Kier alpha value is -0.770. The van der Waals surface area contributed by atoms with Crippen LogP contribution in [0.1, 0.15) is 50.1 Å². The van der Waals surface area contributed by atoms with Gasteiger partial charge in [0.1, 0.15) is 5.69 Å². The molecule has 1 fully saturated rings. The molecule has 0 spiro atoms. The molecule has 1 aromatic heterocycles. The summed E-state index contributed by atoms with van der Waals surface area (Å²) in [5, 5.41) is 3.09. The molecule has 0 unspecified atom stereocenters. The molecule has 0 radical (unpaired) electrons. The van der Waals surface area contributed by atoms with Gasteiger partial charge in [-0.1, -0.05) is 6.92 Å². The van der Waals surface area contributed by atoms with Gasteiger partial charge in [0.05, 0.1) is 0 Å². The standard InChI is InChI=1S/C13H19BrN2O/c1-8(2)16-7-10(14)6-12(16)13(17)15-11-4-9(3)5-11/h6-9,11H,4-5H2,1-3H3,(H,15,17). The highest BCUT2D eigenvalue weighted by molar-refractivity contribution is 9.10. The lowest BCUT2D eigenvalue weighted by Crippen LogP contribution is -2.44. The minimum Gasteiger partial charge on any atom is -0.348 e. The molecule has 0 aromatic carbocycles. The number of nitrogens with one attached hydrogen (secondary N) is 1. The Morgan fingerprint density at radius 2 is 2.18 bits per heavy atom. The molecule has 4 heteroatoms. The van der Waals surface area contributed by atoms with Crippen LogP contribution in [0, 0.1) is 5.92 Å². The number of amides is 1. The molecule has 1 aliphatic rings. The van der Waals surface area contributed by atoms with Crippen LogP contribution < -0.4 is 5.32 Å². The van der Waals surface area contributed by atoms with Crippen molar-refractivity contribution < 1.29 is 4.79 Å². The maximum Gasteiger partial charge on any atom is 0.268 e. The van der Waals surface area contributed by atoms with Gasteiger partial charge in [0.2, 0.25) is 0 Å². The molecule has 1 aromatic rings. The quantitative estimate of drug-likeness (QED) is 0.912. The molecular weight excluding hydrogens is 280 g/mol. The number of halogens is 1. The van der Waals surface area contributed by atoms with Crippen LogP contribution in [-0.4, -0.2) is 16.5 Å². The summed E-state index contributed by atoms with van der Waals surface area (Å²) in [7, 11) is 0. The Balaban J connectivity index is 2.08. The topological polar surface area (TPSA) is 34.0 Å².